The van der Waals surface area contributed by atoms with E-state index in [1.165, 1.54) is 21.6 Å². The number of hydrogen-bond donors (Lipinski definition) is 9. The number of aliphatic hydroxyl groups excluding tert-OH is 6. The van der Waals surface area contributed by atoms with Crippen molar-refractivity contribution < 1.29 is 54.8 Å². The zero-order valence-corrected chi connectivity index (χ0v) is 34.5. The smallest absolute Gasteiger partial charge is 0.187 e. The Morgan fingerprint density at radius 3 is 2.54 bits per heavy atom. The molecule has 57 heavy (non-hydrogen) atoms. The van der Waals surface area contributed by atoms with Crippen molar-refractivity contribution in [1.82, 2.24) is 10.6 Å². The molecule has 7 fully saturated rings. The number of allylic oxidation sites excluding steroid dienone is 4. The van der Waals surface area contributed by atoms with Gasteiger partial charge in [0.25, 0.3) is 0 Å². The molecule has 0 aromatic rings. The lowest BCUT2D eigenvalue weighted by atomic mass is 9.50. The minimum atomic E-state index is -2.06. The van der Waals surface area contributed by atoms with E-state index in [2.05, 4.69) is 10.6 Å². The van der Waals surface area contributed by atoms with Crippen LogP contribution >= 0.6 is 21.6 Å². The highest BCUT2D eigenvalue weighted by Crippen LogP contribution is 2.60. The Hall–Kier alpha value is -1.08. The molecule has 3 aliphatic heterocycles. The molecule has 16 atom stereocenters. The number of Topliss-reactive ketones (excluding diaryl/α,β-unsaturated/α-hetero) is 2. The third-order valence-corrected chi connectivity index (χ3v) is 18.2. The van der Waals surface area contributed by atoms with E-state index in [1.54, 1.807) is 6.08 Å². The number of carbonyl (C=O) groups excluding carboxylic acids is 2. The molecule has 15 heteroatoms. The molecule has 0 aromatic heterocycles. The number of hydrogen-bond acceptors (Lipinski definition) is 15. The van der Waals surface area contributed by atoms with Gasteiger partial charge in [0.1, 0.15) is 40.4 Å². The second-order valence-corrected chi connectivity index (χ2v) is 21.2. The van der Waals surface area contributed by atoms with E-state index in [0.29, 0.717) is 57.2 Å². The largest absolute Gasteiger partial charge is 0.511 e. The van der Waals surface area contributed by atoms with E-state index < -0.39 is 76.7 Å². The van der Waals surface area contributed by atoms with Gasteiger partial charge in [0.05, 0.1) is 36.6 Å². The molecule has 8 aliphatic rings. The number of nitrogens with one attached hydrogen (secondary N) is 2. The standard InChI is InChI=1S/C42H64N2O11S2/c45-13-3-8-32-41-29(17-26(18-31(41)48)15-23-4-1-5-25(14-23)20-46)35(49)28-6-2-7-30(34(28)36(41)50)54-38-37(51)42(53)27(9-11-40(21-47,55-38)39(42)52)16-24-10-12-43-33(19-24)44-22-56-57-32/h17-18,23-25,27-30,32-34,37-39,43-48,51-53H,1-16,19-22H2. The Morgan fingerprint density at radius 1 is 0.947 bits per heavy atom. The van der Waals surface area contributed by atoms with Gasteiger partial charge in [0.15, 0.2) is 12.1 Å². The number of carbonyl (C=O) groups is 2. The normalized spacial score (nSPS) is 47.9. The molecule has 0 aromatic carbocycles. The van der Waals surface area contributed by atoms with Crippen molar-refractivity contribution in [2.75, 3.05) is 32.2 Å². The Labute approximate surface area is 343 Å². The van der Waals surface area contributed by atoms with Gasteiger partial charge >= 0.3 is 0 Å². The number of ketones is 2. The van der Waals surface area contributed by atoms with Gasteiger partial charge in [-0.2, -0.15) is 0 Å². The van der Waals surface area contributed by atoms with E-state index in [1.807, 2.05) is 6.08 Å². The molecule has 9 N–H and O–H groups in total. The van der Waals surface area contributed by atoms with Crippen LogP contribution in [0, 0.1) is 46.8 Å². The summed E-state index contributed by atoms with van der Waals surface area (Å²) in [4.78, 5) is 30.9. The molecule has 5 aliphatic carbocycles. The quantitative estimate of drug-likeness (QED) is 0.169. The average molecular weight is 837 g/mol. The maximum Gasteiger partial charge on any atom is 0.187 e. The molecule has 320 valence electrons. The Bertz CT molecular complexity index is 1550. The van der Waals surface area contributed by atoms with Gasteiger partial charge in [-0.05, 0) is 119 Å². The minimum Gasteiger partial charge on any atom is -0.511 e. The molecule has 8 rings (SSSR count). The maximum absolute atomic E-state index is 15.7. The van der Waals surface area contributed by atoms with E-state index in [9.17, 15) is 35.7 Å². The van der Waals surface area contributed by atoms with Crippen LogP contribution in [0.25, 0.3) is 0 Å². The predicted molar refractivity (Wildman–Crippen MR) is 214 cm³/mol. The lowest BCUT2D eigenvalue weighted by Gasteiger charge is -2.61. The van der Waals surface area contributed by atoms with Crippen molar-refractivity contribution in [3.63, 3.8) is 0 Å². The molecular weight excluding hydrogens is 773 g/mol. The van der Waals surface area contributed by atoms with Crippen molar-refractivity contribution in [2.24, 2.45) is 46.8 Å². The summed E-state index contributed by atoms with van der Waals surface area (Å²) in [6.45, 7) is 0.155. The zero-order valence-electron chi connectivity index (χ0n) is 32.9. The SMILES string of the molecule is O=C1C2CCCC3OC4OC5(CO)CCC(CC6CCNC(C6)NCSSC(CCCO)C6(C(=O)C32)C(O)=CC(CC2CCCC(CO)C2)=CC16)C(O)(C4O)C5O. The summed E-state index contributed by atoms with van der Waals surface area (Å²) in [5.74, 6) is -2.51. The number of fused-ring (bicyclic) bond motifs is 4. The van der Waals surface area contributed by atoms with Crippen LogP contribution in [-0.4, -0.2) is 127 Å². The Balaban J connectivity index is 1.19. The van der Waals surface area contributed by atoms with Gasteiger partial charge in [-0.3, -0.25) is 14.9 Å². The van der Waals surface area contributed by atoms with Crippen LogP contribution in [0.3, 0.4) is 0 Å². The molecule has 16 unspecified atom stereocenters. The van der Waals surface area contributed by atoms with Crippen LogP contribution in [0.2, 0.25) is 0 Å². The topological polar surface area (TPSA) is 218 Å². The van der Waals surface area contributed by atoms with Crippen molar-refractivity contribution in [1.29, 1.82) is 0 Å². The fraction of sp³-hybridized carbons (Fsp3) is 0.857. The predicted octanol–water partition coefficient (Wildman–Crippen LogP) is 2.86. The highest BCUT2D eigenvalue weighted by atomic mass is 33.1. The van der Waals surface area contributed by atoms with Crippen molar-refractivity contribution >= 4 is 33.2 Å². The number of aliphatic hydroxyl groups is 7. The van der Waals surface area contributed by atoms with E-state index in [-0.39, 0.29) is 60.9 Å². The molecule has 0 radical (unpaired) electrons. The van der Waals surface area contributed by atoms with Gasteiger partial charge in [-0.15, -0.1) is 0 Å². The Kier molecular flexibility index (Phi) is 13.0. The third-order valence-electron chi connectivity index (χ3n) is 15.5. The Morgan fingerprint density at radius 2 is 1.75 bits per heavy atom. The van der Waals surface area contributed by atoms with Crippen LogP contribution in [-0.2, 0) is 19.1 Å². The number of piperidine rings is 1. The molecule has 7 bridgehead atoms. The van der Waals surface area contributed by atoms with Crippen LogP contribution in [0.15, 0.2) is 23.5 Å². The first-order valence-electron chi connectivity index (χ1n) is 21.7. The minimum absolute atomic E-state index is 0.0479. The summed E-state index contributed by atoms with van der Waals surface area (Å²) in [7, 11) is 3.01. The number of rotatable bonds is 7. The monoisotopic (exact) mass is 836 g/mol. The lowest BCUT2D eigenvalue weighted by Crippen LogP contribution is -2.78. The van der Waals surface area contributed by atoms with Gasteiger partial charge in [0.2, 0.25) is 0 Å². The summed E-state index contributed by atoms with van der Waals surface area (Å²) in [6.07, 6.45) is 7.34. The van der Waals surface area contributed by atoms with Gasteiger partial charge < -0.3 is 50.5 Å². The highest BCUT2D eigenvalue weighted by Gasteiger charge is 2.70. The van der Waals surface area contributed by atoms with Gasteiger partial charge in [0, 0.05) is 24.4 Å². The summed E-state index contributed by atoms with van der Waals surface area (Å²) in [5.41, 5.74) is -4.46. The fourth-order valence-electron chi connectivity index (χ4n) is 12.6. The van der Waals surface area contributed by atoms with Crippen LogP contribution in [0.4, 0.5) is 0 Å². The summed E-state index contributed by atoms with van der Waals surface area (Å²) < 4.78 is 13.0. The van der Waals surface area contributed by atoms with Crippen LogP contribution in [0.1, 0.15) is 96.3 Å². The van der Waals surface area contributed by atoms with E-state index >= 15 is 9.59 Å². The zero-order chi connectivity index (χ0) is 40.1. The average Bonchev–Trinajstić information content (AvgIpc) is 3.21. The molecule has 4 saturated carbocycles. The summed E-state index contributed by atoms with van der Waals surface area (Å²) in [6, 6.07) is 0. The van der Waals surface area contributed by atoms with E-state index in [4.69, 9.17) is 9.47 Å². The van der Waals surface area contributed by atoms with Gasteiger partial charge in [-0.25, -0.2) is 0 Å². The lowest BCUT2D eigenvalue weighted by molar-refractivity contribution is -0.398. The first-order valence-corrected chi connectivity index (χ1v) is 24.1. The fourth-order valence-corrected chi connectivity index (χ4v) is 15.5. The highest BCUT2D eigenvalue weighted by molar-refractivity contribution is 8.76. The third kappa shape index (κ3) is 7.43. The maximum atomic E-state index is 15.7. The molecule has 1 spiro atoms. The summed E-state index contributed by atoms with van der Waals surface area (Å²) in [5, 5.41) is 86.0. The summed E-state index contributed by atoms with van der Waals surface area (Å²) >= 11 is 0. The first-order chi connectivity index (χ1) is 27.5. The molecular formula is C42H64N2O11S2. The van der Waals surface area contributed by atoms with Crippen LogP contribution in [0.5, 0.6) is 0 Å². The first kappa shape index (κ1) is 42.6. The van der Waals surface area contributed by atoms with Crippen molar-refractivity contribution in [3.8, 4) is 0 Å². The van der Waals surface area contributed by atoms with Crippen molar-refractivity contribution in [3.05, 3.63) is 23.5 Å². The number of ether oxygens (including phenoxy) is 2. The van der Waals surface area contributed by atoms with Gasteiger partial charge in [-0.1, -0.05) is 46.9 Å². The molecule has 13 nitrogen and oxygen atoms in total. The van der Waals surface area contributed by atoms with Crippen molar-refractivity contribution in [2.45, 2.75) is 144 Å². The van der Waals surface area contributed by atoms with Crippen LogP contribution < -0.4 is 10.6 Å². The van der Waals surface area contributed by atoms with E-state index in [0.717, 1.165) is 50.6 Å². The molecule has 3 heterocycles. The molecule has 3 saturated heterocycles. The molecule has 0 amide bonds. The second kappa shape index (κ2) is 17.4. The second-order valence-electron chi connectivity index (χ2n) is 18.6.